The standard InChI is InChI=1S/C11H21NO2/c1-9-8-10(2,3)14-11(12-9)4-6-13-7-5-11/h9,12H,4-8H2,1-3H3. The highest BCUT2D eigenvalue weighted by Crippen LogP contribution is 2.35. The molecule has 0 aromatic carbocycles. The quantitative estimate of drug-likeness (QED) is 0.643. The van der Waals surface area contributed by atoms with E-state index in [-0.39, 0.29) is 11.3 Å². The highest BCUT2D eigenvalue weighted by atomic mass is 16.5. The molecule has 1 atom stereocenters. The van der Waals surface area contributed by atoms with E-state index < -0.39 is 0 Å². The fourth-order valence-electron chi connectivity index (χ4n) is 2.79. The molecule has 1 N–H and O–H groups in total. The molecule has 2 aliphatic rings. The second-order valence-electron chi connectivity index (χ2n) is 5.22. The summed E-state index contributed by atoms with van der Waals surface area (Å²) < 4.78 is 11.6. The van der Waals surface area contributed by atoms with E-state index in [1.165, 1.54) is 0 Å². The van der Waals surface area contributed by atoms with Crippen LogP contribution in [-0.2, 0) is 9.47 Å². The van der Waals surface area contributed by atoms with Crippen molar-refractivity contribution in [3.63, 3.8) is 0 Å². The summed E-state index contributed by atoms with van der Waals surface area (Å²) in [5, 5.41) is 3.59. The number of rotatable bonds is 0. The molecule has 2 saturated heterocycles. The topological polar surface area (TPSA) is 30.5 Å². The average molecular weight is 199 g/mol. The van der Waals surface area contributed by atoms with Crippen LogP contribution in [0.1, 0.15) is 40.0 Å². The summed E-state index contributed by atoms with van der Waals surface area (Å²) in [5.41, 5.74) is -0.110. The van der Waals surface area contributed by atoms with Crippen molar-refractivity contribution >= 4 is 0 Å². The molecule has 0 radical (unpaired) electrons. The van der Waals surface area contributed by atoms with E-state index in [1.807, 2.05) is 0 Å². The maximum atomic E-state index is 6.18. The van der Waals surface area contributed by atoms with Crippen molar-refractivity contribution in [1.82, 2.24) is 5.32 Å². The summed E-state index contributed by atoms with van der Waals surface area (Å²) in [6, 6.07) is 0.539. The van der Waals surface area contributed by atoms with E-state index in [4.69, 9.17) is 9.47 Å². The molecular formula is C11H21NO2. The van der Waals surface area contributed by atoms with Crippen LogP contribution in [0.5, 0.6) is 0 Å². The molecule has 14 heavy (non-hydrogen) atoms. The molecule has 0 amide bonds. The Hall–Kier alpha value is -0.120. The van der Waals surface area contributed by atoms with Crippen LogP contribution in [0, 0.1) is 0 Å². The van der Waals surface area contributed by atoms with Crippen molar-refractivity contribution in [3.8, 4) is 0 Å². The van der Waals surface area contributed by atoms with Gasteiger partial charge in [0.15, 0.2) is 0 Å². The van der Waals surface area contributed by atoms with E-state index in [2.05, 4.69) is 26.1 Å². The average Bonchev–Trinajstić information content (AvgIpc) is 2.00. The van der Waals surface area contributed by atoms with Gasteiger partial charge in [-0.1, -0.05) is 0 Å². The number of nitrogens with one attached hydrogen (secondary N) is 1. The van der Waals surface area contributed by atoms with Gasteiger partial charge in [-0.15, -0.1) is 0 Å². The van der Waals surface area contributed by atoms with E-state index in [0.717, 1.165) is 32.5 Å². The van der Waals surface area contributed by atoms with Crippen LogP contribution >= 0.6 is 0 Å². The Morgan fingerprint density at radius 1 is 1.21 bits per heavy atom. The minimum atomic E-state index is -0.112. The van der Waals surface area contributed by atoms with Crippen LogP contribution in [-0.4, -0.2) is 30.6 Å². The Labute approximate surface area is 86.2 Å². The van der Waals surface area contributed by atoms with Crippen molar-refractivity contribution in [3.05, 3.63) is 0 Å². The predicted molar refractivity (Wildman–Crippen MR) is 55.2 cm³/mol. The van der Waals surface area contributed by atoms with Crippen LogP contribution in [0.3, 0.4) is 0 Å². The Kier molecular flexibility index (Phi) is 2.58. The van der Waals surface area contributed by atoms with Crippen LogP contribution in [0.4, 0.5) is 0 Å². The van der Waals surface area contributed by atoms with E-state index in [0.29, 0.717) is 6.04 Å². The minimum Gasteiger partial charge on any atom is -0.381 e. The van der Waals surface area contributed by atoms with Gasteiger partial charge in [0, 0.05) is 18.9 Å². The smallest absolute Gasteiger partial charge is 0.124 e. The molecule has 3 nitrogen and oxygen atoms in total. The molecule has 2 rings (SSSR count). The molecule has 0 aromatic heterocycles. The summed E-state index contributed by atoms with van der Waals surface area (Å²) in [4.78, 5) is 0. The lowest BCUT2D eigenvalue weighted by Gasteiger charge is -2.50. The third-order valence-electron chi connectivity index (χ3n) is 3.08. The van der Waals surface area contributed by atoms with Gasteiger partial charge in [0.2, 0.25) is 0 Å². The Morgan fingerprint density at radius 3 is 2.43 bits per heavy atom. The van der Waals surface area contributed by atoms with Crippen molar-refractivity contribution in [2.24, 2.45) is 0 Å². The van der Waals surface area contributed by atoms with Gasteiger partial charge in [-0.2, -0.15) is 0 Å². The molecule has 2 heterocycles. The Bertz CT molecular complexity index is 209. The van der Waals surface area contributed by atoms with Gasteiger partial charge in [0.25, 0.3) is 0 Å². The largest absolute Gasteiger partial charge is 0.381 e. The number of ether oxygens (including phenoxy) is 2. The lowest BCUT2D eigenvalue weighted by molar-refractivity contribution is -0.225. The first-order valence-electron chi connectivity index (χ1n) is 5.57. The van der Waals surface area contributed by atoms with Crippen LogP contribution in [0.2, 0.25) is 0 Å². The highest BCUT2D eigenvalue weighted by Gasteiger charge is 2.44. The molecule has 1 unspecified atom stereocenters. The summed E-state index contributed by atoms with van der Waals surface area (Å²) in [6.45, 7) is 8.23. The van der Waals surface area contributed by atoms with Crippen molar-refractivity contribution in [2.45, 2.75) is 57.4 Å². The summed E-state index contributed by atoms with van der Waals surface area (Å²) in [7, 11) is 0. The zero-order valence-electron chi connectivity index (χ0n) is 9.43. The third-order valence-corrected chi connectivity index (χ3v) is 3.08. The second kappa shape index (κ2) is 3.47. The van der Waals surface area contributed by atoms with Gasteiger partial charge >= 0.3 is 0 Å². The van der Waals surface area contributed by atoms with Gasteiger partial charge in [0.1, 0.15) is 5.72 Å². The first-order chi connectivity index (χ1) is 6.52. The van der Waals surface area contributed by atoms with E-state index in [9.17, 15) is 0 Å². The molecule has 82 valence electrons. The summed E-state index contributed by atoms with van der Waals surface area (Å²) >= 11 is 0. The van der Waals surface area contributed by atoms with Crippen LogP contribution in [0.25, 0.3) is 0 Å². The fourth-order valence-corrected chi connectivity index (χ4v) is 2.79. The summed E-state index contributed by atoms with van der Waals surface area (Å²) in [5.74, 6) is 0. The maximum Gasteiger partial charge on any atom is 0.124 e. The molecule has 1 spiro atoms. The number of hydrogen-bond acceptors (Lipinski definition) is 3. The van der Waals surface area contributed by atoms with Gasteiger partial charge in [-0.05, 0) is 27.2 Å². The SMILES string of the molecule is CC1CC(C)(C)OC2(CCOCC2)N1. The number of hydrogen-bond donors (Lipinski definition) is 1. The van der Waals surface area contributed by atoms with Gasteiger partial charge in [-0.3, -0.25) is 5.32 Å². The zero-order valence-corrected chi connectivity index (χ0v) is 9.43. The zero-order chi connectivity index (χ0) is 10.2. The third kappa shape index (κ3) is 2.10. The molecule has 0 aromatic rings. The maximum absolute atomic E-state index is 6.18. The molecule has 3 heteroatoms. The lowest BCUT2D eigenvalue weighted by Crippen LogP contribution is -2.63. The van der Waals surface area contributed by atoms with E-state index in [1.54, 1.807) is 0 Å². The van der Waals surface area contributed by atoms with Crippen molar-refractivity contribution in [2.75, 3.05) is 13.2 Å². The molecular weight excluding hydrogens is 178 g/mol. The van der Waals surface area contributed by atoms with Gasteiger partial charge in [0.05, 0.1) is 18.8 Å². The van der Waals surface area contributed by atoms with Gasteiger partial charge < -0.3 is 9.47 Å². The van der Waals surface area contributed by atoms with E-state index >= 15 is 0 Å². The fraction of sp³-hybridized carbons (Fsp3) is 1.00. The van der Waals surface area contributed by atoms with Crippen LogP contribution in [0.15, 0.2) is 0 Å². The van der Waals surface area contributed by atoms with Crippen molar-refractivity contribution in [1.29, 1.82) is 0 Å². The first-order valence-corrected chi connectivity index (χ1v) is 5.57. The van der Waals surface area contributed by atoms with Gasteiger partial charge in [-0.25, -0.2) is 0 Å². The molecule has 0 aliphatic carbocycles. The Morgan fingerprint density at radius 2 is 1.86 bits per heavy atom. The normalized spacial score (nSPS) is 35.8. The minimum absolute atomic E-state index is 0.00199. The Balaban J connectivity index is 2.10. The molecule has 0 bridgehead atoms. The molecule has 0 saturated carbocycles. The highest BCUT2D eigenvalue weighted by molar-refractivity contribution is 4.93. The molecule has 2 aliphatic heterocycles. The van der Waals surface area contributed by atoms with Crippen molar-refractivity contribution < 1.29 is 9.47 Å². The summed E-state index contributed by atoms with van der Waals surface area (Å²) in [6.07, 6.45) is 3.02. The predicted octanol–water partition coefficient (Wildman–Crippen LogP) is 1.67. The first kappa shape index (κ1) is 10.4. The molecule has 2 fully saturated rings. The van der Waals surface area contributed by atoms with Crippen LogP contribution < -0.4 is 5.32 Å². The lowest BCUT2D eigenvalue weighted by atomic mass is 9.91. The second-order valence-corrected chi connectivity index (χ2v) is 5.22. The monoisotopic (exact) mass is 199 g/mol.